The van der Waals surface area contributed by atoms with Crippen molar-refractivity contribution in [2.75, 3.05) is 13.7 Å². The number of carbonyl (C=O) groups is 2. The molecule has 1 aliphatic heterocycles. The average molecular weight is 362 g/mol. The van der Waals surface area contributed by atoms with Gasteiger partial charge >= 0.3 is 12.1 Å². The molecule has 1 heterocycles. The minimum Gasteiger partial charge on any atom is -0.467 e. The Balaban J connectivity index is 2.04. The van der Waals surface area contributed by atoms with Crippen LogP contribution in [0.5, 0.6) is 0 Å². The SMILES string of the molecule is COC(=O)[C@@H]1CCC(=NOCc2ccccc2)CN1C(=O)OC(C)(C)C. The van der Waals surface area contributed by atoms with E-state index in [-0.39, 0.29) is 6.54 Å². The van der Waals surface area contributed by atoms with E-state index in [9.17, 15) is 9.59 Å². The van der Waals surface area contributed by atoms with Crippen LogP contribution < -0.4 is 0 Å². The summed E-state index contributed by atoms with van der Waals surface area (Å²) in [7, 11) is 1.31. The molecule has 142 valence electrons. The maximum atomic E-state index is 12.5. The topological polar surface area (TPSA) is 77.4 Å². The van der Waals surface area contributed by atoms with Gasteiger partial charge in [0.25, 0.3) is 0 Å². The lowest BCUT2D eigenvalue weighted by Crippen LogP contribution is -2.52. The molecular weight excluding hydrogens is 336 g/mol. The molecule has 0 saturated carbocycles. The highest BCUT2D eigenvalue weighted by atomic mass is 16.6. The van der Waals surface area contributed by atoms with E-state index in [2.05, 4.69) is 5.16 Å². The monoisotopic (exact) mass is 362 g/mol. The molecule has 0 bridgehead atoms. The fourth-order valence-electron chi connectivity index (χ4n) is 2.59. The second-order valence-corrected chi connectivity index (χ2v) is 7.10. The molecule has 1 aromatic carbocycles. The number of methoxy groups -OCH3 is 1. The molecule has 1 aliphatic rings. The molecule has 0 aromatic heterocycles. The van der Waals surface area contributed by atoms with Gasteiger partial charge in [0.1, 0.15) is 18.2 Å². The molecule has 1 fully saturated rings. The Labute approximate surface area is 153 Å². The van der Waals surface area contributed by atoms with Crippen molar-refractivity contribution < 1.29 is 23.9 Å². The highest BCUT2D eigenvalue weighted by molar-refractivity contribution is 5.93. The number of ether oxygens (including phenoxy) is 2. The number of hydrogen-bond acceptors (Lipinski definition) is 6. The molecule has 2 rings (SSSR count). The van der Waals surface area contributed by atoms with Gasteiger partial charge in [-0.2, -0.15) is 0 Å². The summed E-state index contributed by atoms with van der Waals surface area (Å²) in [5.41, 5.74) is 1.03. The predicted molar refractivity (Wildman–Crippen MR) is 96.6 cm³/mol. The van der Waals surface area contributed by atoms with Gasteiger partial charge in [-0.25, -0.2) is 9.59 Å². The molecule has 1 amide bonds. The summed E-state index contributed by atoms with van der Waals surface area (Å²) in [6, 6.07) is 9.00. The van der Waals surface area contributed by atoms with E-state index in [0.717, 1.165) is 5.56 Å². The van der Waals surface area contributed by atoms with Gasteiger partial charge in [0, 0.05) is 0 Å². The van der Waals surface area contributed by atoms with Crippen LogP contribution in [0, 0.1) is 0 Å². The summed E-state index contributed by atoms with van der Waals surface area (Å²) in [5, 5.41) is 4.14. The van der Waals surface area contributed by atoms with Crippen molar-refractivity contribution in [1.29, 1.82) is 0 Å². The third-order valence-corrected chi connectivity index (χ3v) is 3.80. The lowest BCUT2D eigenvalue weighted by atomic mass is 10.0. The van der Waals surface area contributed by atoms with Gasteiger partial charge in [0.2, 0.25) is 0 Å². The zero-order valence-corrected chi connectivity index (χ0v) is 15.7. The van der Waals surface area contributed by atoms with Crippen LogP contribution in [0.15, 0.2) is 35.5 Å². The van der Waals surface area contributed by atoms with Gasteiger partial charge in [-0.1, -0.05) is 35.5 Å². The van der Waals surface area contributed by atoms with Gasteiger partial charge in [0.15, 0.2) is 0 Å². The van der Waals surface area contributed by atoms with Crippen LogP contribution in [0.4, 0.5) is 4.79 Å². The minimum atomic E-state index is -0.678. The van der Waals surface area contributed by atoms with E-state index in [1.54, 1.807) is 20.8 Å². The van der Waals surface area contributed by atoms with Gasteiger partial charge in [-0.3, -0.25) is 4.90 Å². The number of hydrogen-bond donors (Lipinski definition) is 0. The zero-order chi connectivity index (χ0) is 19.2. The number of carbonyl (C=O) groups excluding carboxylic acids is 2. The van der Waals surface area contributed by atoms with Crippen LogP contribution in [0.3, 0.4) is 0 Å². The number of rotatable bonds is 4. The third kappa shape index (κ3) is 5.75. The molecule has 1 atom stereocenters. The number of esters is 1. The van der Waals surface area contributed by atoms with E-state index >= 15 is 0 Å². The van der Waals surface area contributed by atoms with Gasteiger partial charge in [-0.05, 0) is 39.2 Å². The quantitative estimate of drug-likeness (QED) is 0.607. The molecule has 0 unspecified atom stereocenters. The van der Waals surface area contributed by atoms with Crippen LogP contribution in [-0.4, -0.2) is 48.0 Å². The molecular formula is C19H26N2O5. The summed E-state index contributed by atoms with van der Waals surface area (Å²) in [6.07, 6.45) is 0.399. The van der Waals surface area contributed by atoms with Crippen molar-refractivity contribution in [3.8, 4) is 0 Å². The van der Waals surface area contributed by atoms with Crippen LogP contribution in [0.25, 0.3) is 0 Å². The number of amides is 1. The Kier molecular flexibility index (Phi) is 6.60. The van der Waals surface area contributed by atoms with Crippen molar-refractivity contribution in [2.45, 2.75) is 51.9 Å². The van der Waals surface area contributed by atoms with E-state index in [1.807, 2.05) is 30.3 Å². The number of piperidine rings is 1. The molecule has 7 heteroatoms. The fraction of sp³-hybridized carbons (Fsp3) is 0.526. The van der Waals surface area contributed by atoms with Crippen molar-refractivity contribution >= 4 is 17.8 Å². The third-order valence-electron chi connectivity index (χ3n) is 3.80. The maximum Gasteiger partial charge on any atom is 0.411 e. The first-order valence-corrected chi connectivity index (χ1v) is 8.59. The molecule has 0 N–H and O–H groups in total. The van der Waals surface area contributed by atoms with E-state index in [1.165, 1.54) is 12.0 Å². The molecule has 0 aliphatic carbocycles. The van der Waals surface area contributed by atoms with Crippen LogP contribution in [-0.2, 0) is 25.7 Å². The standard InChI is InChI=1S/C19H26N2O5/c1-19(2,3)26-18(23)21-12-15(10-11-16(21)17(22)24-4)20-25-13-14-8-6-5-7-9-14/h5-9,16H,10-13H2,1-4H3/t16-/m0/s1. The molecule has 7 nitrogen and oxygen atoms in total. The molecule has 26 heavy (non-hydrogen) atoms. The first-order chi connectivity index (χ1) is 12.3. The highest BCUT2D eigenvalue weighted by Crippen LogP contribution is 2.21. The van der Waals surface area contributed by atoms with Crippen molar-refractivity contribution in [3.63, 3.8) is 0 Å². The highest BCUT2D eigenvalue weighted by Gasteiger charge is 2.37. The number of likely N-dealkylation sites (tertiary alicyclic amines) is 1. The maximum absolute atomic E-state index is 12.5. The summed E-state index contributed by atoms with van der Waals surface area (Å²) in [6.45, 7) is 5.85. The Bertz CT molecular complexity index is 652. The Morgan fingerprint density at radius 1 is 1.23 bits per heavy atom. The van der Waals surface area contributed by atoms with Crippen molar-refractivity contribution in [3.05, 3.63) is 35.9 Å². The van der Waals surface area contributed by atoms with Crippen LogP contribution in [0.2, 0.25) is 0 Å². The number of nitrogens with zero attached hydrogens (tertiary/aromatic N) is 2. The second kappa shape index (κ2) is 8.69. The first kappa shape index (κ1) is 19.8. The van der Waals surface area contributed by atoms with Crippen molar-refractivity contribution in [1.82, 2.24) is 4.90 Å². The number of benzene rings is 1. The number of oxime groups is 1. The molecule has 1 saturated heterocycles. The molecule has 1 aromatic rings. The Morgan fingerprint density at radius 3 is 2.54 bits per heavy atom. The summed E-state index contributed by atoms with van der Waals surface area (Å²) in [5.74, 6) is -0.458. The summed E-state index contributed by atoms with van der Waals surface area (Å²) in [4.78, 5) is 31.3. The average Bonchev–Trinajstić information content (AvgIpc) is 2.60. The molecule has 0 spiro atoms. The summed E-state index contributed by atoms with van der Waals surface area (Å²) >= 11 is 0. The molecule has 0 radical (unpaired) electrons. The normalized spacial score (nSPS) is 19.2. The van der Waals surface area contributed by atoms with Gasteiger partial charge < -0.3 is 14.3 Å². The Hall–Kier alpha value is -2.57. The largest absolute Gasteiger partial charge is 0.467 e. The Morgan fingerprint density at radius 2 is 1.92 bits per heavy atom. The zero-order valence-electron chi connectivity index (χ0n) is 15.7. The van der Waals surface area contributed by atoms with Gasteiger partial charge in [-0.15, -0.1) is 0 Å². The first-order valence-electron chi connectivity index (χ1n) is 8.59. The van der Waals surface area contributed by atoms with Gasteiger partial charge in [0.05, 0.1) is 19.4 Å². The smallest absolute Gasteiger partial charge is 0.411 e. The van der Waals surface area contributed by atoms with E-state index < -0.39 is 23.7 Å². The fourth-order valence-corrected chi connectivity index (χ4v) is 2.59. The van der Waals surface area contributed by atoms with Crippen LogP contribution >= 0.6 is 0 Å². The van der Waals surface area contributed by atoms with E-state index in [4.69, 9.17) is 14.3 Å². The lowest BCUT2D eigenvalue weighted by molar-refractivity contribution is -0.147. The minimum absolute atomic E-state index is 0.170. The summed E-state index contributed by atoms with van der Waals surface area (Å²) < 4.78 is 10.2. The van der Waals surface area contributed by atoms with Crippen molar-refractivity contribution in [2.24, 2.45) is 5.16 Å². The predicted octanol–water partition coefficient (Wildman–Crippen LogP) is 3.13. The van der Waals surface area contributed by atoms with E-state index in [0.29, 0.717) is 25.2 Å². The lowest BCUT2D eigenvalue weighted by Gasteiger charge is -2.35. The second-order valence-electron chi connectivity index (χ2n) is 7.10. The van der Waals surface area contributed by atoms with Crippen LogP contribution in [0.1, 0.15) is 39.2 Å².